The standard InChI is InChI=1S/C26H31FN10O/c1-16(2)19-9-31-24(36-11-17(12-36)37-15-28-14-32-37)20-10-30-23(8-18(19)20)33-22-4-6-29-25(34-22)35-7-5-21(38)26(3,27)13-35/h4,6,8-10,14-17,21,38H,5,7,11-13H2,1-3H3,(H,29,30,33,34)/t21-,26+/m1/s1. The lowest BCUT2D eigenvalue weighted by atomic mass is 9.94. The Bertz CT molecular complexity index is 1440. The van der Waals surface area contributed by atoms with Crippen LogP contribution in [0.4, 0.5) is 27.8 Å². The van der Waals surface area contributed by atoms with Gasteiger partial charge < -0.3 is 20.2 Å². The van der Waals surface area contributed by atoms with Gasteiger partial charge in [-0.3, -0.25) is 0 Å². The molecule has 11 nitrogen and oxygen atoms in total. The number of anilines is 4. The predicted octanol–water partition coefficient (Wildman–Crippen LogP) is 3.24. The summed E-state index contributed by atoms with van der Waals surface area (Å²) >= 11 is 0. The summed E-state index contributed by atoms with van der Waals surface area (Å²) in [5, 5.41) is 19.6. The molecule has 198 valence electrons. The van der Waals surface area contributed by atoms with E-state index in [9.17, 15) is 9.50 Å². The quantitative estimate of drug-likeness (QED) is 0.393. The molecular formula is C26H31FN10O. The largest absolute Gasteiger partial charge is 0.390 e. The molecule has 0 radical (unpaired) electrons. The van der Waals surface area contributed by atoms with Crippen molar-refractivity contribution in [2.75, 3.05) is 41.3 Å². The van der Waals surface area contributed by atoms with Gasteiger partial charge in [0.05, 0.1) is 18.7 Å². The highest BCUT2D eigenvalue weighted by atomic mass is 19.1. The molecular weight excluding hydrogens is 487 g/mol. The first-order chi connectivity index (χ1) is 18.3. The van der Waals surface area contributed by atoms with Gasteiger partial charge in [-0.15, -0.1) is 0 Å². The van der Waals surface area contributed by atoms with E-state index in [1.807, 2.05) is 23.1 Å². The maximum absolute atomic E-state index is 14.7. The summed E-state index contributed by atoms with van der Waals surface area (Å²) in [5.74, 6) is 2.82. The SMILES string of the molecule is CC(C)c1cnc(N2CC(n3cncn3)C2)c2cnc(Nc3ccnc(N4CC[C@@H](O)[C@@](C)(F)C4)n3)cc12. The van der Waals surface area contributed by atoms with Crippen molar-refractivity contribution in [3.05, 3.63) is 48.9 Å². The van der Waals surface area contributed by atoms with Gasteiger partial charge in [-0.1, -0.05) is 13.8 Å². The van der Waals surface area contributed by atoms with Gasteiger partial charge in [-0.25, -0.2) is 29.0 Å². The predicted molar refractivity (Wildman–Crippen MR) is 143 cm³/mol. The van der Waals surface area contributed by atoms with E-state index < -0.39 is 11.8 Å². The van der Waals surface area contributed by atoms with Crippen LogP contribution in [0.3, 0.4) is 0 Å². The number of pyridine rings is 2. The van der Waals surface area contributed by atoms with E-state index in [1.165, 1.54) is 6.92 Å². The molecule has 4 aromatic rings. The summed E-state index contributed by atoms with van der Waals surface area (Å²) in [6, 6.07) is 4.06. The van der Waals surface area contributed by atoms with Crippen LogP contribution in [-0.4, -0.2) is 77.8 Å². The molecule has 0 bridgehead atoms. The Kier molecular flexibility index (Phi) is 6.05. The molecule has 0 aromatic carbocycles. The minimum atomic E-state index is -1.71. The van der Waals surface area contributed by atoms with Crippen LogP contribution >= 0.6 is 0 Å². The molecule has 2 aliphatic heterocycles. The Hall–Kier alpha value is -3.93. The van der Waals surface area contributed by atoms with Crippen LogP contribution < -0.4 is 15.1 Å². The molecule has 2 N–H and O–H groups in total. The van der Waals surface area contributed by atoms with Crippen molar-refractivity contribution in [3.8, 4) is 0 Å². The fraction of sp³-hybridized carbons (Fsp3) is 0.462. The second-order valence-electron chi connectivity index (χ2n) is 10.6. The maximum atomic E-state index is 14.7. The van der Waals surface area contributed by atoms with Crippen molar-refractivity contribution < 1.29 is 9.50 Å². The second-order valence-corrected chi connectivity index (χ2v) is 10.6. The fourth-order valence-electron chi connectivity index (χ4n) is 5.13. The Balaban J connectivity index is 1.26. The van der Waals surface area contributed by atoms with Crippen molar-refractivity contribution >= 4 is 34.2 Å². The Morgan fingerprint density at radius 1 is 1.11 bits per heavy atom. The zero-order chi connectivity index (χ0) is 26.4. The van der Waals surface area contributed by atoms with E-state index in [0.717, 1.165) is 35.2 Å². The minimum Gasteiger partial charge on any atom is -0.390 e. The average Bonchev–Trinajstić information content (AvgIpc) is 3.39. The van der Waals surface area contributed by atoms with Gasteiger partial charge in [0, 0.05) is 43.6 Å². The zero-order valence-corrected chi connectivity index (χ0v) is 21.7. The lowest BCUT2D eigenvalue weighted by molar-refractivity contribution is -0.00860. The van der Waals surface area contributed by atoms with E-state index in [4.69, 9.17) is 4.98 Å². The number of aliphatic hydroxyl groups excluding tert-OH is 1. The van der Waals surface area contributed by atoms with Crippen LogP contribution in [0.25, 0.3) is 10.8 Å². The van der Waals surface area contributed by atoms with Gasteiger partial charge in [0.15, 0.2) is 5.67 Å². The molecule has 0 spiro atoms. The molecule has 38 heavy (non-hydrogen) atoms. The van der Waals surface area contributed by atoms with Crippen LogP contribution in [0, 0.1) is 0 Å². The average molecular weight is 519 g/mol. The first-order valence-electron chi connectivity index (χ1n) is 12.9. The van der Waals surface area contributed by atoms with Crippen LogP contribution in [0.5, 0.6) is 0 Å². The van der Waals surface area contributed by atoms with E-state index in [2.05, 4.69) is 49.1 Å². The van der Waals surface area contributed by atoms with E-state index in [0.29, 0.717) is 30.5 Å². The van der Waals surface area contributed by atoms with Gasteiger partial charge >= 0.3 is 0 Å². The number of fused-ring (bicyclic) bond motifs is 1. The third-order valence-electron chi connectivity index (χ3n) is 7.43. The van der Waals surface area contributed by atoms with Crippen LogP contribution in [0.2, 0.25) is 0 Å². The number of hydrogen-bond donors (Lipinski definition) is 2. The van der Waals surface area contributed by atoms with Crippen molar-refractivity contribution in [1.82, 2.24) is 34.7 Å². The number of aromatic nitrogens is 7. The van der Waals surface area contributed by atoms with Gasteiger partial charge in [0.2, 0.25) is 5.95 Å². The number of hydrogen-bond acceptors (Lipinski definition) is 10. The molecule has 2 aliphatic rings. The topological polar surface area (TPSA) is 121 Å². The number of rotatable bonds is 6. The highest BCUT2D eigenvalue weighted by Gasteiger charge is 2.39. The number of halogens is 1. The van der Waals surface area contributed by atoms with Gasteiger partial charge in [-0.05, 0) is 42.3 Å². The first kappa shape index (κ1) is 24.4. The van der Waals surface area contributed by atoms with Gasteiger partial charge in [0.1, 0.15) is 30.1 Å². The molecule has 2 fully saturated rings. The lowest BCUT2D eigenvalue weighted by Gasteiger charge is -2.40. The smallest absolute Gasteiger partial charge is 0.227 e. The molecule has 0 aliphatic carbocycles. The van der Waals surface area contributed by atoms with Crippen LogP contribution in [0.15, 0.2) is 43.4 Å². The van der Waals surface area contributed by atoms with Crippen molar-refractivity contribution in [3.63, 3.8) is 0 Å². The summed E-state index contributed by atoms with van der Waals surface area (Å²) in [7, 11) is 0. The monoisotopic (exact) mass is 518 g/mol. The lowest BCUT2D eigenvalue weighted by Crippen LogP contribution is -2.52. The van der Waals surface area contributed by atoms with E-state index >= 15 is 0 Å². The van der Waals surface area contributed by atoms with Gasteiger partial charge in [0.25, 0.3) is 0 Å². The van der Waals surface area contributed by atoms with Crippen molar-refractivity contribution in [2.24, 2.45) is 0 Å². The molecule has 2 saturated heterocycles. The molecule has 4 aromatic heterocycles. The molecule has 2 atom stereocenters. The Labute approximate surface area is 219 Å². The summed E-state index contributed by atoms with van der Waals surface area (Å²) in [4.78, 5) is 26.5. The van der Waals surface area contributed by atoms with Crippen molar-refractivity contribution in [1.29, 1.82) is 0 Å². The molecule has 0 unspecified atom stereocenters. The number of piperidine rings is 1. The molecule has 0 amide bonds. The fourth-order valence-corrected chi connectivity index (χ4v) is 5.13. The van der Waals surface area contributed by atoms with Crippen LogP contribution in [-0.2, 0) is 0 Å². The Morgan fingerprint density at radius 2 is 1.95 bits per heavy atom. The molecule has 0 saturated carbocycles. The zero-order valence-electron chi connectivity index (χ0n) is 21.7. The second kappa shape index (κ2) is 9.43. The highest BCUT2D eigenvalue weighted by Crippen LogP contribution is 2.36. The molecule has 6 heterocycles. The summed E-state index contributed by atoms with van der Waals surface area (Å²) in [6.07, 6.45) is 8.10. The number of alkyl halides is 1. The summed E-state index contributed by atoms with van der Waals surface area (Å²) < 4.78 is 16.6. The Morgan fingerprint density at radius 3 is 2.68 bits per heavy atom. The van der Waals surface area contributed by atoms with E-state index in [1.54, 1.807) is 29.8 Å². The third kappa shape index (κ3) is 4.49. The maximum Gasteiger partial charge on any atom is 0.227 e. The van der Waals surface area contributed by atoms with Crippen molar-refractivity contribution in [2.45, 2.75) is 50.9 Å². The summed E-state index contributed by atoms with van der Waals surface area (Å²) in [5.41, 5.74) is -0.574. The third-order valence-corrected chi connectivity index (χ3v) is 7.43. The van der Waals surface area contributed by atoms with Crippen LogP contribution in [0.1, 0.15) is 44.7 Å². The van der Waals surface area contributed by atoms with Gasteiger partial charge in [-0.2, -0.15) is 10.1 Å². The number of nitrogens with one attached hydrogen (secondary N) is 1. The minimum absolute atomic E-state index is 0.0354. The number of aliphatic hydroxyl groups is 1. The highest BCUT2D eigenvalue weighted by molar-refractivity contribution is 5.96. The molecule has 6 rings (SSSR count). The van der Waals surface area contributed by atoms with E-state index in [-0.39, 0.29) is 18.5 Å². The molecule has 12 heteroatoms. The normalized spacial score (nSPS) is 22.2. The number of nitrogens with zero attached hydrogens (tertiary/aromatic N) is 9. The first-order valence-corrected chi connectivity index (χ1v) is 12.9. The summed E-state index contributed by atoms with van der Waals surface area (Å²) in [6.45, 7) is 7.85.